The smallest absolute Gasteiger partial charge is 0.102 e. The van der Waals surface area contributed by atoms with E-state index in [0.717, 1.165) is 5.69 Å². The molecule has 0 saturated carbocycles. The maximum Gasteiger partial charge on any atom is 0.102 e. The monoisotopic (exact) mass is 143 g/mol. The Balaban J connectivity index is 2.90. The van der Waals surface area contributed by atoms with Crippen LogP contribution in [0.3, 0.4) is 0 Å². The lowest BCUT2D eigenvalue weighted by Gasteiger charge is -2.12. The van der Waals surface area contributed by atoms with Gasteiger partial charge in [-0.25, -0.2) is 4.98 Å². The van der Waals surface area contributed by atoms with Crippen LogP contribution in [0.2, 0.25) is 0 Å². The second kappa shape index (κ2) is 2.08. The largest absolute Gasteiger partial charge is 0.384 e. The summed E-state index contributed by atoms with van der Waals surface area (Å²) >= 11 is 1.50. The lowest BCUT2D eigenvalue weighted by Crippen LogP contribution is -2.15. The number of nitrogens with zero attached hydrogens (tertiary/aromatic N) is 1. The summed E-state index contributed by atoms with van der Waals surface area (Å²) in [5.41, 5.74) is 1.68. The first-order valence-electron chi connectivity index (χ1n) is 2.72. The molecule has 0 fully saturated rings. The molecule has 1 aromatic rings. The average molecular weight is 143 g/mol. The molecule has 0 bridgehead atoms. The lowest BCUT2D eigenvalue weighted by atomic mass is 10.1. The number of aromatic nitrogens is 1. The van der Waals surface area contributed by atoms with Gasteiger partial charge >= 0.3 is 0 Å². The van der Waals surface area contributed by atoms with E-state index in [1.807, 2.05) is 5.38 Å². The van der Waals surface area contributed by atoms with Crippen molar-refractivity contribution < 1.29 is 5.11 Å². The standard InChI is InChI=1S/C6H9NOS/c1-6(2,8)5-3-9-4-7-5/h3-4,8H,1-2H3. The van der Waals surface area contributed by atoms with Crippen LogP contribution < -0.4 is 0 Å². The minimum atomic E-state index is -0.778. The minimum absolute atomic E-state index is 0.743. The van der Waals surface area contributed by atoms with Gasteiger partial charge in [0.15, 0.2) is 0 Å². The zero-order valence-electron chi connectivity index (χ0n) is 5.46. The van der Waals surface area contributed by atoms with E-state index in [4.69, 9.17) is 0 Å². The van der Waals surface area contributed by atoms with Gasteiger partial charge in [-0.3, -0.25) is 0 Å². The first-order chi connectivity index (χ1) is 4.11. The van der Waals surface area contributed by atoms with Crippen molar-refractivity contribution in [3.05, 3.63) is 16.6 Å². The molecule has 0 aromatic carbocycles. The third kappa shape index (κ3) is 1.50. The van der Waals surface area contributed by atoms with Crippen molar-refractivity contribution in [2.45, 2.75) is 19.4 Å². The van der Waals surface area contributed by atoms with Crippen molar-refractivity contribution >= 4 is 11.3 Å². The first kappa shape index (κ1) is 6.71. The van der Waals surface area contributed by atoms with E-state index in [2.05, 4.69) is 4.98 Å². The molecule has 1 rings (SSSR count). The summed E-state index contributed by atoms with van der Waals surface area (Å²) in [5.74, 6) is 0. The van der Waals surface area contributed by atoms with E-state index < -0.39 is 5.60 Å². The van der Waals surface area contributed by atoms with Crippen LogP contribution in [0, 0.1) is 0 Å². The third-order valence-corrected chi connectivity index (χ3v) is 1.65. The van der Waals surface area contributed by atoms with Gasteiger partial charge in [0.1, 0.15) is 5.60 Å². The predicted octanol–water partition coefficient (Wildman–Crippen LogP) is 1.37. The Morgan fingerprint density at radius 1 is 1.67 bits per heavy atom. The van der Waals surface area contributed by atoms with Gasteiger partial charge < -0.3 is 5.11 Å². The Bertz CT molecular complexity index is 175. The fraction of sp³-hybridized carbons (Fsp3) is 0.500. The summed E-state index contributed by atoms with van der Waals surface area (Å²) in [6.07, 6.45) is 0. The Morgan fingerprint density at radius 2 is 2.33 bits per heavy atom. The molecule has 0 radical (unpaired) electrons. The van der Waals surface area contributed by atoms with E-state index in [0.29, 0.717) is 0 Å². The molecule has 0 atom stereocenters. The second-order valence-electron chi connectivity index (χ2n) is 2.43. The highest BCUT2D eigenvalue weighted by atomic mass is 32.1. The van der Waals surface area contributed by atoms with Gasteiger partial charge in [0.05, 0.1) is 11.2 Å². The number of rotatable bonds is 1. The van der Waals surface area contributed by atoms with E-state index in [-0.39, 0.29) is 0 Å². The van der Waals surface area contributed by atoms with Crippen molar-refractivity contribution in [1.29, 1.82) is 0 Å². The van der Waals surface area contributed by atoms with Crippen LogP contribution in [0.4, 0.5) is 0 Å². The van der Waals surface area contributed by atoms with E-state index in [1.165, 1.54) is 11.3 Å². The fourth-order valence-electron chi connectivity index (χ4n) is 0.515. The Kier molecular flexibility index (Phi) is 1.55. The average Bonchev–Trinajstić information content (AvgIpc) is 2.08. The summed E-state index contributed by atoms with van der Waals surface area (Å²) in [6.45, 7) is 3.45. The van der Waals surface area contributed by atoms with Crippen molar-refractivity contribution in [2.24, 2.45) is 0 Å². The molecule has 0 unspecified atom stereocenters. The van der Waals surface area contributed by atoms with Crippen LogP contribution >= 0.6 is 11.3 Å². The number of aliphatic hydroxyl groups is 1. The van der Waals surface area contributed by atoms with Gasteiger partial charge in [0, 0.05) is 5.38 Å². The van der Waals surface area contributed by atoms with Gasteiger partial charge in [-0.15, -0.1) is 11.3 Å². The molecular weight excluding hydrogens is 134 g/mol. The molecular formula is C6H9NOS. The molecule has 0 aliphatic carbocycles. The molecule has 1 aromatic heterocycles. The molecule has 0 aliphatic heterocycles. The van der Waals surface area contributed by atoms with Crippen molar-refractivity contribution in [3.8, 4) is 0 Å². The minimum Gasteiger partial charge on any atom is -0.384 e. The van der Waals surface area contributed by atoms with Gasteiger partial charge in [-0.1, -0.05) is 0 Å². The highest BCUT2D eigenvalue weighted by molar-refractivity contribution is 7.07. The molecule has 3 heteroatoms. The van der Waals surface area contributed by atoms with Gasteiger partial charge in [0.2, 0.25) is 0 Å². The molecule has 1 heterocycles. The van der Waals surface area contributed by atoms with Gasteiger partial charge in [0.25, 0.3) is 0 Å². The van der Waals surface area contributed by atoms with Gasteiger partial charge in [-0.05, 0) is 13.8 Å². The fourth-order valence-corrected chi connectivity index (χ4v) is 1.23. The molecule has 0 aliphatic rings. The molecule has 1 N–H and O–H groups in total. The molecule has 0 amide bonds. The van der Waals surface area contributed by atoms with E-state index >= 15 is 0 Å². The molecule has 50 valence electrons. The maximum atomic E-state index is 9.32. The van der Waals surface area contributed by atoms with E-state index in [9.17, 15) is 5.11 Å². The summed E-state index contributed by atoms with van der Waals surface area (Å²) in [5, 5.41) is 11.2. The Hall–Kier alpha value is -0.410. The molecule has 2 nitrogen and oxygen atoms in total. The predicted molar refractivity (Wildman–Crippen MR) is 37.4 cm³/mol. The quantitative estimate of drug-likeness (QED) is 0.644. The van der Waals surface area contributed by atoms with Crippen LogP contribution in [0.5, 0.6) is 0 Å². The molecule has 9 heavy (non-hydrogen) atoms. The van der Waals surface area contributed by atoms with Gasteiger partial charge in [-0.2, -0.15) is 0 Å². The second-order valence-corrected chi connectivity index (χ2v) is 3.15. The molecule has 0 spiro atoms. The van der Waals surface area contributed by atoms with Crippen LogP contribution in [0.25, 0.3) is 0 Å². The van der Waals surface area contributed by atoms with Crippen LogP contribution in [-0.2, 0) is 5.60 Å². The summed E-state index contributed by atoms with van der Waals surface area (Å²) in [6, 6.07) is 0. The van der Waals surface area contributed by atoms with Crippen LogP contribution in [0.15, 0.2) is 10.9 Å². The highest BCUT2D eigenvalue weighted by Gasteiger charge is 2.16. The van der Waals surface area contributed by atoms with Crippen molar-refractivity contribution in [2.75, 3.05) is 0 Å². The SMILES string of the molecule is CC(C)(O)c1cscn1. The summed E-state index contributed by atoms with van der Waals surface area (Å²) in [4.78, 5) is 3.96. The zero-order chi connectivity index (χ0) is 6.91. The summed E-state index contributed by atoms with van der Waals surface area (Å²) in [7, 11) is 0. The maximum absolute atomic E-state index is 9.32. The number of thiazole rings is 1. The number of hydrogen-bond acceptors (Lipinski definition) is 3. The van der Waals surface area contributed by atoms with E-state index in [1.54, 1.807) is 19.4 Å². The van der Waals surface area contributed by atoms with Crippen LogP contribution in [0.1, 0.15) is 19.5 Å². The highest BCUT2D eigenvalue weighted by Crippen LogP contribution is 2.17. The number of hydrogen-bond donors (Lipinski definition) is 1. The third-order valence-electron chi connectivity index (χ3n) is 1.06. The topological polar surface area (TPSA) is 33.1 Å². The normalized spacial score (nSPS) is 11.9. The zero-order valence-corrected chi connectivity index (χ0v) is 6.27. The lowest BCUT2D eigenvalue weighted by molar-refractivity contribution is 0.0745. The van der Waals surface area contributed by atoms with Crippen molar-refractivity contribution in [3.63, 3.8) is 0 Å². The first-order valence-corrected chi connectivity index (χ1v) is 3.66. The van der Waals surface area contributed by atoms with Crippen molar-refractivity contribution in [1.82, 2.24) is 4.98 Å². The van der Waals surface area contributed by atoms with Crippen LogP contribution in [-0.4, -0.2) is 10.1 Å². The molecule has 0 saturated heterocycles. The summed E-state index contributed by atoms with van der Waals surface area (Å²) < 4.78 is 0. The Labute approximate surface area is 58.2 Å². The Morgan fingerprint density at radius 3 is 2.56 bits per heavy atom.